The molecule has 33 heavy (non-hydrogen) atoms. The molecule has 5 rings (SSSR count). The highest BCUT2D eigenvalue weighted by molar-refractivity contribution is 5.89. The molecule has 2 atom stereocenters. The Morgan fingerprint density at radius 1 is 0.939 bits per heavy atom. The molecule has 0 bridgehead atoms. The van der Waals surface area contributed by atoms with Crippen molar-refractivity contribution in [1.29, 1.82) is 0 Å². The molecule has 0 amide bonds. The van der Waals surface area contributed by atoms with E-state index in [0.29, 0.717) is 23.3 Å². The highest BCUT2D eigenvalue weighted by atomic mass is 19.1. The van der Waals surface area contributed by atoms with Crippen molar-refractivity contribution in [3.05, 3.63) is 82.6 Å². The first kappa shape index (κ1) is 21.5. The summed E-state index contributed by atoms with van der Waals surface area (Å²) in [5.74, 6) is -1.19. The van der Waals surface area contributed by atoms with Crippen LogP contribution in [0, 0.1) is 32.4 Å². The van der Waals surface area contributed by atoms with Gasteiger partial charge in [0.05, 0.1) is 23.0 Å². The Morgan fingerprint density at radius 3 is 2.55 bits per heavy atom. The van der Waals surface area contributed by atoms with Crippen LogP contribution in [0.3, 0.4) is 0 Å². The van der Waals surface area contributed by atoms with Crippen molar-refractivity contribution in [3.8, 4) is 11.3 Å². The van der Waals surface area contributed by atoms with E-state index in [-0.39, 0.29) is 17.6 Å². The molecule has 1 aliphatic rings. The molecule has 0 aliphatic carbocycles. The van der Waals surface area contributed by atoms with Crippen molar-refractivity contribution in [1.82, 2.24) is 19.9 Å². The van der Waals surface area contributed by atoms with Crippen LogP contribution in [0.5, 0.6) is 0 Å². The zero-order valence-corrected chi connectivity index (χ0v) is 18.8. The standard InChI is InChI=1S/C26H24F2N4O/c1-14-10-18(6-8-29-14)24-11-17(7-9-33-24)22-13-23-26(31-16(3)15(2)30-23)25(32-22)20-5-4-19(27)12-21(20)28/h4-6,8,10,12-13,17,24H,7,9,11H2,1-3H3/t17-,24-/m1/s1. The molecule has 3 aromatic heterocycles. The number of hydrogen-bond donors (Lipinski definition) is 0. The number of pyridine rings is 2. The summed E-state index contributed by atoms with van der Waals surface area (Å²) in [4.78, 5) is 18.5. The van der Waals surface area contributed by atoms with Crippen molar-refractivity contribution in [2.45, 2.75) is 45.6 Å². The fraction of sp³-hybridized carbons (Fsp3) is 0.308. The van der Waals surface area contributed by atoms with Crippen LogP contribution in [0.15, 0.2) is 42.6 Å². The van der Waals surface area contributed by atoms with E-state index in [1.165, 1.54) is 12.1 Å². The Bertz CT molecular complexity index is 1360. The monoisotopic (exact) mass is 446 g/mol. The Balaban J connectivity index is 1.62. The predicted molar refractivity (Wildman–Crippen MR) is 122 cm³/mol. The van der Waals surface area contributed by atoms with Gasteiger partial charge < -0.3 is 4.74 Å². The third-order valence-corrected chi connectivity index (χ3v) is 6.26. The smallest absolute Gasteiger partial charge is 0.135 e. The van der Waals surface area contributed by atoms with Crippen LogP contribution in [0.2, 0.25) is 0 Å². The van der Waals surface area contributed by atoms with Gasteiger partial charge in [0, 0.05) is 41.7 Å². The van der Waals surface area contributed by atoms with Gasteiger partial charge in [-0.2, -0.15) is 0 Å². The van der Waals surface area contributed by atoms with Gasteiger partial charge in [0.2, 0.25) is 0 Å². The Hall–Kier alpha value is -3.32. The van der Waals surface area contributed by atoms with Gasteiger partial charge in [0.1, 0.15) is 22.8 Å². The fourth-order valence-electron chi connectivity index (χ4n) is 4.39. The molecule has 0 N–H and O–H groups in total. The summed E-state index contributed by atoms with van der Waals surface area (Å²) in [6.07, 6.45) is 3.26. The number of aryl methyl sites for hydroxylation is 3. The van der Waals surface area contributed by atoms with Crippen molar-refractivity contribution >= 4 is 11.0 Å². The molecule has 0 radical (unpaired) electrons. The average molecular weight is 447 g/mol. The van der Waals surface area contributed by atoms with Gasteiger partial charge in [0.15, 0.2) is 0 Å². The molecule has 7 heteroatoms. The first-order valence-corrected chi connectivity index (χ1v) is 11.0. The number of aromatic nitrogens is 4. The van der Waals surface area contributed by atoms with Gasteiger partial charge in [-0.25, -0.2) is 23.7 Å². The second-order valence-corrected chi connectivity index (χ2v) is 8.59. The number of rotatable bonds is 3. The SMILES string of the molecule is Cc1cc([C@H]2C[C@H](c3cc4nc(C)c(C)nc4c(-c4ccc(F)cc4F)n3)CCO2)ccn1. The minimum atomic E-state index is -0.668. The molecule has 0 spiro atoms. The number of fused-ring (bicyclic) bond motifs is 1. The Kier molecular flexibility index (Phi) is 5.58. The maximum absolute atomic E-state index is 14.8. The Morgan fingerprint density at radius 2 is 1.76 bits per heavy atom. The largest absolute Gasteiger partial charge is 0.373 e. The van der Waals surface area contributed by atoms with E-state index >= 15 is 0 Å². The molecule has 4 aromatic rings. The third-order valence-electron chi connectivity index (χ3n) is 6.26. The lowest BCUT2D eigenvalue weighted by molar-refractivity contribution is 0.00460. The van der Waals surface area contributed by atoms with Crippen molar-refractivity contribution in [2.75, 3.05) is 6.61 Å². The van der Waals surface area contributed by atoms with Crippen LogP contribution in [0.25, 0.3) is 22.3 Å². The topological polar surface area (TPSA) is 60.8 Å². The molecule has 168 valence electrons. The van der Waals surface area contributed by atoms with Crippen LogP contribution < -0.4 is 0 Å². The molecular formula is C26H24F2N4O. The molecule has 4 heterocycles. The number of ether oxygens (including phenoxy) is 1. The van der Waals surface area contributed by atoms with Crippen LogP contribution in [0.4, 0.5) is 8.78 Å². The zero-order valence-electron chi connectivity index (χ0n) is 18.8. The van der Waals surface area contributed by atoms with E-state index in [1.54, 1.807) is 6.20 Å². The third kappa shape index (κ3) is 4.20. The molecular weight excluding hydrogens is 422 g/mol. The van der Waals surface area contributed by atoms with E-state index in [0.717, 1.165) is 47.2 Å². The van der Waals surface area contributed by atoms with E-state index in [1.807, 2.05) is 39.0 Å². The lowest BCUT2D eigenvalue weighted by Crippen LogP contribution is -2.20. The first-order valence-electron chi connectivity index (χ1n) is 11.0. The highest BCUT2D eigenvalue weighted by Gasteiger charge is 2.28. The molecule has 5 nitrogen and oxygen atoms in total. The van der Waals surface area contributed by atoms with E-state index in [4.69, 9.17) is 14.7 Å². The summed E-state index contributed by atoms with van der Waals surface area (Å²) in [6.45, 7) is 6.31. The van der Waals surface area contributed by atoms with Crippen LogP contribution in [-0.2, 0) is 4.74 Å². The average Bonchev–Trinajstić information content (AvgIpc) is 2.80. The quantitative estimate of drug-likeness (QED) is 0.391. The number of nitrogens with zero attached hydrogens (tertiary/aromatic N) is 4. The Labute approximate surface area is 190 Å². The van der Waals surface area contributed by atoms with E-state index < -0.39 is 11.6 Å². The summed E-state index contributed by atoms with van der Waals surface area (Å²) in [5, 5.41) is 0. The van der Waals surface area contributed by atoms with Crippen molar-refractivity contribution in [3.63, 3.8) is 0 Å². The molecule has 1 aromatic carbocycles. The van der Waals surface area contributed by atoms with Crippen LogP contribution >= 0.6 is 0 Å². The van der Waals surface area contributed by atoms with Gasteiger partial charge in [-0.15, -0.1) is 0 Å². The van der Waals surface area contributed by atoms with Gasteiger partial charge in [0.25, 0.3) is 0 Å². The summed E-state index contributed by atoms with van der Waals surface area (Å²) < 4.78 is 34.4. The minimum absolute atomic E-state index is 0.0696. The summed E-state index contributed by atoms with van der Waals surface area (Å²) >= 11 is 0. The fourth-order valence-corrected chi connectivity index (χ4v) is 4.39. The molecule has 0 saturated carbocycles. The van der Waals surface area contributed by atoms with Gasteiger partial charge >= 0.3 is 0 Å². The molecule has 0 unspecified atom stereocenters. The number of halogens is 2. The molecule has 1 aliphatic heterocycles. The normalized spacial score (nSPS) is 18.6. The first-order chi connectivity index (χ1) is 15.9. The second kappa shape index (κ2) is 8.56. The lowest BCUT2D eigenvalue weighted by atomic mass is 9.88. The maximum atomic E-state index is 14.8. The van der Waals surface area contributed by atoms with Crippen molar-refractivity contribution < 1.29 is 13.5 Å². The summed E-state index contributed by atoms with van der Waals surface area (Å²) in [7, 11) is 0. The van der Waals surface area contributed by atoms with Crippen LogP contribution in [0.1, 0.15) is 53.2 Å². The second-order valence-electron chi connectivity index (χ2n) is 8.59. The number of benzene rings is 1. The predicted octanol–water partition coefficient (Wildman–Crippen LogP) is 5.93. The molecule has 1 saturated heterocycles. The van der Waals surface area contributed by atoms with Gasteiger partial charge in [-0.3, -0.25) is 4.98 Å². The van der Waals surface area contributed by atoms with Gasteiger partial charge in [-0.05, 0) is 69.5 Å². The van der Waals surface area contributed by atoms with E-state index in [9.17, 15) is 8.78 Å². The highest BCUT2D eigenvalue weighted by Crippen LogP contribution is 2.39. The summed E-state index contributed by atoms with van der Waals surface area (Å²) in [5.41, 5.74) is 6.18. The maximum Gasteiger partial charge on any atom is 0.135 e. The van der Waals surface area contributed by atoms with E-state index in [2.05, 4.69) is 9.97 Å². The molecule has 1 fully saturated rings. The lowest BCUT2D eigenvalue weighted by Gasteiger charge is -2.30. The van der Waals surface area contributed by atoms with Gasteiger partial charge in [-0.1, -0.05) is 0 Å². The summed E-state index contributed by atoms with van der Waals surface area (Å²) in [6, 6.07) is 9.50. The van der Waals surface area contributed by atoms with Crippen LogP contribution in [-0.4, -0.2) is 26.5 Å². The zero-order chi connectivity index (χ0) is 23.1. The number of hydrogen-bond acceptors (Lipinski definition) is 5. The minimum Gasteiger partial charge on any atom is -0.373 e. The van der Waals surface area contributed by atoms with Crippen molar-refractivity contribution in [2.24, 2.45) is 0 Å².